The van der Waals surface area contributed by atoms with E-state index >= 15 is 0 Å². The molecule has 3 N–H and O–H groups in total. The van der Waals surface area contributed by atoms with Crippen molar-refractivity contribution >= 4 is 10.1 Å². The Balaban J connectivity index is 0. The molecule has 6 nitrogen and oxygen atoms in total. The molecule has 0 radical (unpaired) electrons. The Hall–Kier alpha value is 0.210. The van der Waals surface area contributed by atoms with Crippen molar-refractivity contribution in [3.8, 4) is 0 Å². The fourth-order valence-corrected chi connectivity index (χ4v) is 1.02. The Morgan fingerprint density at radius 2 is 1.83 bits per heavy atom. The minimum absolute atomic E-state index is 0. The minimum Gasteiger partial charge on any atom is -0.628 e. The third-order valence-electron chi connectivity index (χ3n) is 0.889. The van der Waals surface area contributed by atoms with Crippen LogP contribution in [0, 0.1) is 0 Å². The predicted molar refractivity (Wildman–Crippen MR) is 32.9 cm³/mol. The molecule has 0 atom stereocenters. The molecule has 8 heteroatoms. The first-order valence-corrected chi connectivity index (χ1v) is 4.01. The second-order valence-corrected chi connectivity index (χ2v) is 3.12. The topological polar surface area (TPSA) is 118 Å². The van der Waals surface area contributed by atoms with Gasteiger partial charge in [-0.2, -0.15) is 8.42 Å². The predicted octanol–water partition coefficient (Wildman–Crippen LogP) is -4.65. The van der Waals surface area contributed by atoms with Crippen LogP contribution in [-0.2, 0) is 10.1 Å². The molecule has 0 saturated heterocycles. The fraction of sp³-hybridized carbons (Fsp3) is 0.500. The molecule has 12 heavy (non-hydrogen) atoms. The van der Waals surface area contributed by atoms with E-state index in [1.807, 2.05) is 0 Å². The first-order chi connectivity index (χ1) is 4.89. The zero-order chi connectivity index (χ0) is 9.07. The summed E-state index contributed by atoms with van der Waals surface area (Å²) in [6.45, 7) is -0.637. The Labute approximate surface area is 91.6 Å². The van der Waals surface area contributed by atoms with Crippen LogP contribution in [-0.4, -0.2) is 29.8 Å². The molecular weight excluding hydrogens is 199 g/mol. The molecule has 0 aromatic rings. The third kappa shape index (κ3) is 4.96. The van der Waals surface area contributed by atoms with Gasteiger partial charge in [0.2, 0.25) is 0 Å². The van der Waals surface area contributed by atoms with E-state index in [9.17, 15) is 13.5 Å². The molecule has 0 rings (SSSR count). The zero-order valence-electron chi connectivity index (χ0n) is 6.39. The molecule has 66 valence electrons. The maximum atomic E-state index is 10.2. The number of aliphatic hydroxyl groups is 2. The standard InChI is InChI=1S/C4H8O6S.Na/c5-2-1-3(4(6)7)11(8,9)10;/h5-7H,1-2H2,(H,8,9,10);/q;+1/p-1. The molecule has 0 aliphatic rings. The van der Waals surface area contributed by atoms with E-state index in [2.05, 4.69) is 0 Å². The van der Waals surface area contributed by atoms with Crippen LogP contribution in [0.1, 0.15) is 6.42 Å². The molecule has 0 amide bonds. The van der Waals surface area contributed by atoms with Crippen molar-refractivity contribution < 1.29 is 57.8 Å². The van der Waals surface area contributed by atoms with E-state index < -0.39 is 34.0 Å². The van der Waals surface area contributed by atoms with Gasteiger partial charge >= 0.3 is 29.6 Å². The van der Waals surface area contributed by atoms with Crippen molar-refractivity contribution in [2.75, 3.05) is 6.61 Å². The van der Waals surface area contributed by atoms with Gasteiger partial charge in [0, 0.05) is 13.0 Å². The molecule has 0 fully saturated rings. The molecule has 0 aromatic carbocycles. The van der Waals surface area contributed by atoms with Crippen molar-refractivity contribution in [1.82, 2.24) is 0 Å². The molecular formula is C4H7NaO6S. The van der Waals surface area contributed by atoms with Crippen LogP contribution in [0.3, 0.4) is 0 Å². The summed E-state index contributed by atoms with van der Waals surface area (Å²) in [5, 5.41) is 26.4. The number of aliphatic hydroxyl groups excluding tert-OH is 2. The van der Waals surface area contributed by atoms with Crippen LogP contribution in [0.25, 0.3) is 0 Å². The van der Waals surface area contributed by atoms with Crippen LogP contribution in [0.2, 0.25) is 0 Å². The van der Waals surface area contributed by atoms with Crippen LogP contribution < -0.4 is 34.7 Å². The fourth-order valence-electron chi connectivity index (χ4n) is 0.448. The minimum atomic E-state index is -4.67. The van der Waals surface area contributed by atoms with Crippen LogP contribution in [0.15, 0.2) is 10.9 Å². The SMILES string of the molecule is O=S(=O)(O)C(CCO)=C([O-])O.[Na+]. The molecule has 0 saturated carbocycles. The first kappa shape index (κ1) is 14.7. The van der Waals surface area contributed by atoms with Crippen molar-refractivity contribution in [1.29, 1.82) is 0 Å². The quantitative estimate of drug-likeness (QED) is 0.243. The average Bonchev–Trinajstić information content (AvgIpc) is 1.79. The van der Waals surface area contributed by atoms with E-state index in [1.54, 1.807) is 0 Å². The van der Waals surface area contributed by atoms with Gasteiger partial charge in [-0.3, -0.25) is 4.55 Å². The summed E-state index contributed by atoms with van der Waals surface area (Å²) < 4.78 is 28.6. The number of hydrogen-bond acceptors (Lipinski definition) is 5. The van der Waals surface area contributed by atoms with E-state index in [0.717, 1.165) is 0 Å². The summed E-state index contributed by atoms with van der Waals surface area (Å²) in [5.41, 5.74) is 0. The van der Waals surface area contributed by atoms with E-state index in [1.165, 1.54) is 0 Å². The van der Waals surface area contributed by atoms with Gasteiger partial charge in [-0.05, 0) is 0 Å². The summed E-state index contributed by atoms with van der Waals surface area (Å²) in [6, 6.07) is 0. The van der Waals surface area contributed by atoms with E-state index in [-0.39, 0.29) is 29.6 Å². The molecule has 0 aliphatic heterocycles. The first-order valence-electron chi connectivity index (χ1n) is 2.57. The number of rotatable bonds is 3. The van der Waals surface area contributed by atoms with Crippen molar-refractivity contribution in [2.45, 2.75) is 6.42 Å². The smallest absolute Gasteiger partial charge is 0.628 e. The Bertz CT molecular complexity index is 251. The van der Waals surface area contributed by atoms with Gasteiger partial charge in [-0.1, -0.05) is 0 Å². The van der Waals surface area contributed by atoms with Gasteiger partial charge in [0.1, 0.15) is 0 Å². The summed E-state index contributed by atoms with van der Waals surface area (Å²) in [7, 11) is -4.67. The monoisotopic (exact) mass is 206 g/mol. The summed E-state index contributed by atoms with van der Waals surface area (Å²) in [6.07, 6.45) is -0.589. The largest absolute Gasteiger partial charge is 1.00 e. The van der Waals surface area contributed by atoms with Gasteiger partial charge in [0.05, 0.1) is 10.9 Å². The number of hydrogen-bond donors (Lipinski definition) is 3. The Kier molecular flexibility index (Phi) is 7.10. The summed E-state index contributed by atoms with van der Waals surface area (Å²) in [4.78, 5) is -1.10. The van der Waals surface area contributed by atoms with Crippen LogP contribution in [0.4, 0.5) is 0 Å². The molecule has 0 bridgehead atoms. The molecule has 0 heterocycles. The van der Waals surface area contributed by atoms with Crippen LogP contribution >= 0.6 is 0 Å². The van der Waals surface area contributed by atoms with Gasteiger partial charge in [0.15, 0.2) is 0 Å². The van der Waals surface area contributed by atoms with E-state index in [0.29, 0.717) is 0 Å². The van der Waals surface area contributed by atoms with Crippen molar-refractivity contribution in [2.24, 2.45) is 0 Å². The molecule has 0 spiro atoms. The van der Waals surface area contributed by atoms with Gasteiger partial charge in [0.25, 0.3) is 10.1 Å². The molecule has 0 unspecified atom stereocenters. The zero-order valence-corrected chi connectivity index (χ0v) is 9.21. The second kappa shape index (κ2) is 5.79. The van der Waals surface area contributed by atoms with Crippen molar-refractivity contribution in [3.05, 3.63) is 10.9 Å². The van der Waals surface area contributed by atoms with Gasteiger partial charge < -0.3 is 15.3 Å². The Morgan fingerprint density at radius 3 is 1.92 bits per heavy atom. The Morgan fingerprint density at radius 1 is 1.42 bits per heavy atom. The summed E-state index contributed by atoms with van der Waals surface area (Å²) in [5.74, 6) is -1.75. The van der Waals surface area contributed by atoms with Crippen molar-refractivity contribution in [3.63, 3.8) is 0 Å². The van der Waals surface area contributed by atoms with E-state index in [4.69, 9.17) is 14.8 Å². The maximum Gasteiger partial charge on any atom is 1.00 e. The van der Waals surface area contributed by atoms with Gasteiger partial charge in [-0.15, -0.1) is 0 Å². The second-order valence-electron chi connectivity index (χ2n) is 1.68. The molecule has 0 aliphatic carbocycles. The maximum absolute atomic E-state index is 10.2. The normalized spacial score (nSPS) is 13.2. The van der Waals surface area contributed by atoms with Gasteiger partial charge in [-0.25, -0.2) is 0 Å². The average molecular weight is 206 g/mol. The van der Waals surface area contributed by atoms with Crippen LogP contribution in [0.5, 0.6) is 0 Å². The third-order valence-corrected chi connectivity index (χ3v) is 1.89. The summed E-state index contributed by atoms with van der Waals surface area (Å²) >= 11 is 0. The molecule has 0 aromatic heterocycles.